The highest BCUT2D eigenvalue weighted by molar-refractivity contribution is 5.86. The van der Waals surface area contributed by atoms with Gasteiger partial charge in [-0.25, -0.2) is 4.98 Å². The lowest BCUT2D eigenvalue weighted by molar-refractivity contribution is 0.344. The van der Waals surface area contributed by atoms with Gasteiger partial charge in [-0.05, 0) is 32.0 Å². The summed E-state index contributed by atoms with van der Waals surface area (Å²) in [5.74, 6) is 2.02. The molecular weight excluding hydrogens is 250 g/mol. The maximum atomic E-state index is 5.68. The molecule has 0 fully saturated rings. The first kappa shape index (κ1) is 12.8. The lowest BCUT2D eigenvalue weighted by Crippen LogP contribution is -2.06. The van der Waals surface area contributed by atoms with E-state index in [2.05, 4.69) is 39.4 Å². The van der Waals surface area contributed by atoms with E-state index >= 15 is 0 Å². The van der Waals surface area contributed by atoms with Crippen molar-refractivity contribution in [3.05, 3.63) is 48.7 Å². The topological polar surface area (TPSA) is 32.0 Å². The number of imidazole rings is 1. The van der Waals surface area contributed by atoms with Gasteiger partial charge in [-0.3, -0.25) is 0 Å². The van der Waals surface area contributed by atoms with Gasteiger partial charge in [0.15, 0.2) is 0 Å². The van der Waals surface area contributed by atoms with E-state index in [9.17, 15) is 0 Å². The van der Waals surface area contributed by atoms with E-state index in [1.54, 1.807) is 0 Å². The van der Waals surface area contributed by atoms with Crippen LogP contribution in [0.3, 0.4) is 0 Å². The fourth-order valence-corrected chi connectivity index (χ4v) is 2.55. The Kier molecular flexibility index (Phi) is 3.46. The van der Waals surface area contributed by atoms with Crippen molar-refractivity contribution in [2.45, 2.75) is 26.9 Å². The molecule has 0 saturated heterocycles. The van der Waals surface area contributed by atoms with E-state index < -0.39 is 0 Å². The fraction of sp³-hybridized carbons (Fsp3) is 0.312. The van der Waals surface area contributed by atoms with Gasteiger partial charge >= 0.3 is 0 Å². The van der Waals surface area contributed by atoms with Gasteiger partial charge in [0, 0.05) is 30.5 Å². The second kappa shape index (κ2) is 5.41. The summed E-state index contributed by atoms with van der Waals surface area (Å²) in [6.07, 6.45) is 5.98. The summed E-state index contributed by atoms with van der Waals surface area (Å²) in [6, 6.07) is 8.29. The molecule has 0 aliphatic rings. The zero-order valence-corrected chi connectivity index (χ0v) is 11.9. The number of hydrogen-bond donors (Lipinski definition) is 0. The van der Waals surface area contributed by atoms with Crippen molar-refractivity contribution < 1.29 is 4.74 Å². The molecule has 0 aliphatic carbocycles. The van der Waals surface area contributed by atoms with Gasteiger partial charge in [0.1, 0.15) is 11.6 Å². The number of aromatic nitrogens is 3. The number of aryl methyl sites for hydroxylation is 1. The van der Waals surface area contributed by atoms with Gasteiger partial charge in [0.25, 0.3) is 0 Å². The van der Waals surface area contributed by atoms with Crippen LogP contribution in [0.1, 0.15) is 19.7 Å². The normalized spacial score (nSPS) is 11.1. The number of fused-ring (bicyclic) bond motifs is 1. The molecule has 0 N–H and O–H groups in total. The maximum absolute atomic E-state index is 5.68. The molecule has 0 amide bonds. The zero-order valence-electron chi connectivity index (χ0n) is 11.9. The van der Waals surface area contributed by atoms with E-state index in [0.717, 1.165) is 30.0 Å². The Labute approximate surface area is 118 Å². The summed E-state index contributed by atoms with van der Waals surface area (Å²) in [5, 5.41) is 1.16. The minimum atomic E-state index is 0.685. The van der Waals surface area contributed by atoms with E-state index in [0.29, 0.717) is 6.61 Å². The molecule has 0 atom stereocenters. The fourth-order valence-electron chi connectivity index (χ4n) is 2.55. The van der Waals surface area contributed by atoms with Crippen LogP contribution < -0.4 is 4.74 Å². The van der Waals surface area contributed by atoms with E-state index in [-0.39, 0.29) is 0 Å². The molecule has 2 heterocycles. The first-order chi connectivity index (χ1) is 9.83. The molecule has 104 valence electrons. The Morgan fingerprint density at radius 1 is 1.10 bits per heavy atom. The third kappa shape index (κ3) is 2.18. The average molecular weight is 269 g/mol. The first-order valence-corrected chi connectivity index (χ1v) is 7.04. The summed E-state index contributed by atoms with van der Waals surface area (Å²) in [6.45, 7) is 6.54. The third-order valence-electron chi connectivity index (χ3n) is 3.53. The van der Waals surface area contributed by atoms with Crippen molar-refractivity contribution in [1.82, 2.24) is 14.1 Å². The van der Waals surface area contributed by atoms with E-state index in [1.165, 1.54) is 5.52 Å². The second-order valence-electron chi connectivity index (χ2n) is 4.70. The predicted octanol–water partition coefficient (Wildman–Crippen LogP) is 3.30. The average Bonchev–Trinajstić information content (AvgIpc) is 3.07. The van der Waals surface area contributed by atoms with Gasteiger partial charge in [0.2, 0.25) is 0 Å². The van der Waals surface area contributed by atoms with Gasteiger partial charge in [-0.15, -0.1) is 0 Å². The zero-order chi connectivity index (χ0) is 13.9. The molecule has 20 heavy (non-hydrogen) atoms. The lowest BCUT2D eigenvalue weighted by atomic mass is 10.2. The van der Waals surface area contributed by atoms with Crippen LogP contribution in [0, 0.1) is 0 Å². The Morgan fingerprint density at radius 3 is 2.80 bits per heavy atom. The van der Waals surface area contributed by atoms with Gasteiger partial charge in [0.05, 0.1) is 18.7 Å². The number of ether oxygens (including phenoxy) is 1. The Bertz CT molecular complexity index is 711. The summed E-state index contributed by atoms with van der Waals surface area (Å²) in [4.78, 5) is 4.44. The van der Waals surface area contributed by atoms with E-state index in [4.69, 9.17) is 4.74 Å². The molecule has 0 bridgehead atoms. The molecule has 4 heteroatoms. The summed E-state index contributed by atoms with van der Waals surface area (Å²) in [5.41, 5.74) is 1.18. The number of benzene rings is 1. The maximum Gasteiger partial charge on any atom is 0.128 e. The van der Waals surface area contributed by atoms with Crippen molar-refractivity contribution in [3.8, 4) is 5.75 Å². The SMILES string of the molecule is CCOc1cccc2c1ccn2Cc1nccn1CC. The minimum Gasteiger partial charge on any atom is -0.493 e. The second-order valence-corrected chi connectivity index (χ2v) is 4.70. The molecule has 4 nitrogen and oxygen atoms in total. The quantitative estimate of drug-likeness (QED) is 0.711. The van der Waals surface area contributed by atoms with Crippen LogP contribution >= 0.6 is 0 Å². The minimum absolute atomic E-state index is 0.685. The van der Waals surface area contributed by atoms with Crippen molar-refractivity contribution in [2.24, 2.45) is 0 Å². The standard InChI is InChI=1S/C16H19N3O/c1-3-18-11-9-17-16(18)12-19-10-8-13-14(19)6-5-7-15(13)20-4-2/h5-11H,3-4,12H2,1-2H3. The summed E-state index contributed by atoms with van der Waals surface area (Å²) >= 11 is 0. The highest BCUT2D eigenvalue weighted by atomic mass is 16.5. The first-order valence-electron chi connectivity index (χ1n) is 7.04. The molecule has 0 unspecified atom stereocenters. The Hall–Kier alpha value is -2.23. The van der Waals surface area contributed by atoms with Crippen LogP contribution in [-0.4, -0.2) is 20.7 Å². The monoisotopic (exact) mass is 269 g/mol. The van der Waals surface area contributed by atoms with Crippen molar-refractivity contribution in [3.63, 3.8) is 0 Å². The van der Waals surface area contributed by atoms with Gasteiger partial charge < -0.3 is 13.9 Å². The third-order valence-corrected chi connectivity index (χ3v) is 3.53. The smallest absolute Gasteiger partial charge is 0.128 e. The number of nitrogens with zero attached hydrogens (tertiary/aromatic N) is 3. The van der Waals surface area contributed by atoms with Crippen molar-refractivity contribution >= 4 is 10.9 Å². The lowest BCUT2D eigenvalue weighted by Gasteiger charge is -2.09. The van der Waals surface area contributed by atoms with Crippen LogP contribution in [0.5, 0.6) is 5.75 Å². The van der Waals surface area contributed by atoms with E-state index in [1.807, 2.05) is 31.5 Å². The van der Waals surface area contributed by atoms with Crippen LogP contribution in [0.2, 0.25) is 0 Å². The predicted molar refractivity (Wildman–Crippen MR) is 80.1 cm³/mol. The van der Waals surface area contributed by atoms with Crippen LogP contribution in [0.15, 0.2) is 42.9 Å². The Balaban J connectivity index is 1.99. The number of rotatable bonds is 5. The molecule has 3 rings (SSSR count). The van der Waals surface area contributed by atoms with Crippen molar-refractivity contribution in [2.75, 3.05) is 6.61 Å². The molecule has 0 aliphatic heterocycles. The van der Waals surface area contributed by atoms with Gasteiger partial charge in [-0.2, -0.15) is 0 Å². The van der Waals surface area contributed by atoms with Gasteiger partial charge in [-0.1, -0.05) is 6.07 Å². The van der Waals surface area contributed by atoms with Crippen molar-refractivity contribution in [1.29, 1.82) is 0 Å². The van der Waals surface area contributed by atoms with Crippen LogP contribution in [-0.2, 0) is 13.1 Å². The molecule has 0 radical (unpaired) electrons. The summed E-state index contributed by atoms with van der Waals surface area (Å²) in [7, 11) is 0. The van der Waals surface area contributed by atoms with Crippen LogP contribution in [0.25, 0.3) is 10.9 Å². The highest BCUT2D eigenvalue weighted by Crippen LogP contribution is 2.27. The molecule has 0 spiro atoms. The number of hydrogen-bond acceptors (Lipinski definition) is 2. The largest absolute Gasteiger partial charge is 0.493 e. The molecular formula is C16H19N3O. The summed E-state index contributed by atoms with van der Waals surface area (Å²) < 4.78 is 10.1. The molecule has 1 aromatic carbocycles. The Morgan fingerprint density at radius 2 is 2.00 bits per heavy atom. The highest BCUT2D eigenvalue weighted by Gasteiger charge is 2.08. The van der Waals surface area contributed by atoms with Crippen LogP contribution in [0.4, 0.5) is 0 Å². The molecule has 0 saturated carbocycles. The molecule has 2 aromatic heterocycles. The molecule has 3 aromatic rings.